The lowest BCUT2D eigenvalue weighted by Crippen LogP contribution is -2.41. The smallest absolute Gasteiger partial charge is 0.198 e. The van der Waals surface area contributed by atoms with Crippen LogP contribution in [0.3, 0.4) is 0 Å². The van der Waals surface area contributed by atoms with Crippen molar-refractivity contribution in [2.75, 3.05) is 25.0 Å². The normalized spacial score (nSPS) is 13.8. The van der Waals surface area contributed by atoms with E-state index in [9.17, 15) is 0 Å². The molecule has 0 amide bonds. The summed E-state index contributed by atoms with van der Waals surface area (Å²) in [6, 6.07) is 12.4. The zero-order valence-corrected chi connectivity index (χ0v) is 14.4. The Bertz CT molecular complexity index is 595. The van der Waals surface area contributed by atoms with Crippen LogP contribution in [-0.2, 0) is 12.8 Å². The third-order valence-corrected chi connectivity index (χ3v) is 3.59. The number of benzene rings is 1. The highest BCUT2D eigenvalue weighted by Gasteiger charge is 2.21. The molecule has 1 aliphatic heterocycles. The minimum absolute atomic E-state index is 0. The second-order valence-corrected chi connectivity index (χ2v) is 4.83. The molecule has 0 fully saturated rings. The molecule has 0 saturated carbocycles. The third-order valence-electron chi connectivity index (χ3n) is 3.59. The number of rotatable bonds is 3. The molecule has 2 aromatic rings. The standard InChI is InChI=1S/C16H19N3O.HI/c1-17-16(18-10-8-14-6-4-12-20-14)19-11-9-13-5-2-3-7-15(13)19;/h2-7,12H,8-11H2,1H3,(H,17,18);1H. The van der Waals surface area contributed by atoms with Crippen molar-refractivity contribution in [3.63, 3.8) is 0 Å². The molecule has 112 valence electrons. The first-order valence-electron chi connectivity index (χ1n) is 6.97. The van der Waals surface area contributed by atoms with Crippen LogP contribution in [0, 0.1) is 0 Å². The van der Waals surface area contributed by atoms with Gasteiger partial charge in [-0.1, -0.05) is 18.2 Å². The van der Waals surface area contributed by atoms with Crippen LogP contribution in [-0.4, -0.2) is 26.1 Å². The van der Waals surface area contributed by atoms with Gasteiger partial charge >= 0.3 is 0 Å². The highest BCUT2D eigenvalue weighted by molar-refractivity contribution is 14.0. The summed E-state index contributed by atoms with van der Waals surface area (Å²) in [5.74, 6) is 1.93. The fourth-order valence-corrected chi connectivity index (χ4v) is 2.61. The summed E-state index contributed by atoms with van der Waals surface area (Å²) in [6.07, 6.45) is 3.65. The maximum atomic E-state index is 5.34. The van der Waals surface area contributed by atoms with Crippen molar-refractivity contribution in [3.05, 3.63) is 54.0 Å². The molecule has 0 spiro atoms. The van der Waals surface area contributed by atoms with Crippen LogP contribution in [0.2, 0.25) is 0 Å². The number of anilines is 1. The van der Waals surface area contributed by atoms with Gasteiger partial charge in [0, 0.05) is 32.2 Å². The number of nitrogens with one attached hydrogen (secondary N) is 1. The maximum absolute atomic E-state index is 5.34. The van der Waals surface area contributed by atoms with E-state index >= 15 is 0 Å². The van der Waals surface area contributed by atoms with Crippen molar-refractivity contribution in [2.45, 2.75) is 12.8 Å². The van der Waals surface area contributed by atoms with Crippen LogP contribution >= 0.6 is 24.0 Å². The Labute approximate surface area is 142 Å². The first-order chi connectivity index (χ1) is 9.88. The summed E-state index contributed by atoms with van der Waals surface area (Å²) < 4.78 is 5.34. The van der Waals surface area contributed by atoms with Crippen molar-refractivity contribution < 1.29 is 4.42 Å². The van der Waals surface area contributed by atoms with E-state index in [1.54, 1.807) is 6.26 Å². The number of furan rings is 1. The molecule has 1 N–H and O–H groups in total. The van der Waals surface area contributed by atoms with Gasteiger partial charge in [0.15, 0.2) is 5.96 Å². The van der Waals surface area contributed by atoms with Crippen molar-refractivity contribution >= 4 is 35.6 Å². The summed E-state index contributed by atoms with van der Waals surface area (Å²) in [7, 11) is 1.83. The number of fused-ring (bicyclic) bond motifs is 1. The molecule has 5 heteroatoms. The van der Waals surface area contributed by atoms with Crippen LogP contribution in [0.4, 0.5) is 5.69 Å². The SMILES string of the molecule is CN=C(NCCc1ccco1)N1CCc2ccccc21.I. The van der Waals surface area contributed by atoms with E-state index in [1.165, 1.54) is 11.3 Å². The van der Waals surface area contributed by atoms with E-state index in [4.69, 9.17) is 4.42 Å². The lowest BCUT2D eigenvalue weighted by Gasteiger charge is -2.22. The minimum atomic E-state index is 0. The van der Waals surface area contributed by atoms with Gasteiger partial charge in [0.2, 0.25) is 0 Å². The second kappa shape index (κ2) is 7.49. The molecule has 1 aromatic heterocycles. The van der Waals surface area contributed by atoms with Crippen LogP contribution in [0.15, 0.2) is 52.1 Å². The van der Waals surface area contributed by atoms with Crippen molar-refractivity contribution in [1.82, 2.24) is 5.32 Å². The van der Waals surface area contributed by atoms with E-state index in [0.29, 0.717) is 0 Å². The fourth-order valence-electron chi connectivity index (χ4n) is 2.61. The Balaban J connectivity index is 0.00000161. The zero-order chi connectivity index (χ0) is 13.8. The summed E-state index contributed by atoms with van der Waals surface area (Å²) in [5.41, 5.74) is 2.65. The first kappa shape index (κ1) is 15.9. The Morgan fingerprint density at radius 1 is 1.29 bits per heavy atom. The monoisotopic (exact) mass is 397 g/mol. The average molecular weight is 397 g/mol. The topological polar surface area (TPSA) is 40.8 Å². The van der Waals surface area contributed by atoms with Gasteiger partial charge in [-0.2, -0.15) is 0 Å². The molecular formula is C16H20IN3O. The molecule has 1 aliphatic rings. The molecule has 3 rings (SSSR count). The molecule has 0 unspecified atom stereocenters. The number of para-hydroxylation sites is 1. The minimum Gasteiger partial charge on any atom is -0.469 e. The number of hydrogen-bond donors (Lipinski definition) is 1. The Hall–Kier alpha value is -1.50. The van der Waals surface area contributed by atoms with E-state index in [-0.39, 0.29) is 24.0 Å². The highest BCUT2D eigenvalue weighted by atomic mass is 127. The Kier molecular flexibility index (Phi) is 5.67. The molecular weight excluding hydrogens is 377 g/mol. The Morgan fingerprint density at radius 3 is 2.90 bits per heavy atom. The molecule has 0 atom stereocenters. The fraction of sp³-hybridized carbons (Fsp3) is 0.312. The summed E-state index contributed by atoms with van der Waals surface area (Å²) in [5, 5.41) is 3.41. The van der Waals surface area contributed by atoms with E-state index in [2.05, 4.69) is 39.5 Å². The number of aliphatic imine (C=N–C) groups is 1. The Morgan fingerprint density at radius 2 is 2.14 bits per heavy atom. The van der Waals surface area contributed by atoms with Gasteiger partial charge < -0.3 is 14.6 Å². The number of hydrogen-bond acceptors (Lipinski definition) is 2. The predicted octanol–water partition coefficient (Wildman–Crippen LogP) is 3.08. The van der Waals surface area contributed by atoms with Crippen LogP contribution in [0.5, 0.6) is 0 Å². The molecule has 0 aliphatic carbocycles. The van der Waals surface area contributed by atoms with Crippen molar-refractivity contribution in [1.29, 1.82) is 0 Å². The number of guanidine groups is 1. The molecule has 4 nitrogen and oxygen atoms in total. The summed E-state index contributed by atoms with van der Waals surface area (Å²) in [6.45, 7) is 1.80. The van der Waals surface area contributed by atoms with Gasteiger partial charge in [0.25, 0.3) is 0 Å². The van der Waals surface area contributed by atoms with Gasteiger partial charge in [0.1, 0.15) is 5.76 Å². The van der Waals surface area contributed by atoms with Crippen molar-refractivity contribution in [3.8, 4) is 0 Å². The number of halogens is 1. The van der Waals surface area contributed by atoms with Gasteiger partial charge in [-0.15, -0.1) is 24.0 Å². The molecule has 0 bridgehead atoms. The van der Waals surface area contributed by atoms with E-state index < -0.39 is 0 Å². The largest absolute Gasteiger partial charge is 0.469 e. The van der Waals surface area contributed by atoms with Crippen LogP contribution in [0.1, 0.15) is 11.3 Å². The van der Waals surface area contributed by atoms with Gasteiger partial charge in [-0.3, -0.25) is 4.99 Å². The van der Waals surface area contributed by atoms with Crippen LogP contribution < -0.4 is 10.2 Å². The van der Waals surface area contributed by atoms with Crippen LogP contribution in [0.25, 0.3) is 0 Å². The average Bonchev–Trinajstić information content (AvgIpc) is 3.13. The molecule has 1 aromatic carbocycles. The lowest BCUT2D eigenvalue weighted by molar-refractivity contribution is 0.507. The first-order valence-corrected chi connectivity index (χ1v) is 6.97. The molecule has 21 heavy (non-hydrogen) atoms. The predicted molar refractivity (Wildman–Crippen MR) is 96.7 cm³/mol. The van der Waals surface area contributed by atoms with Crippen molar-refractivity contribution in [2.24, 2.45) is 4.99 Å². The molecule has 2 heterocycles. The zero-order valence-electron chi connectivity index (χ0n) is 12.1. The van der Waals surface area contributed by atoms with Gasteiger partial charge in [-0.25, -0.2) is 0 Å². The maximum Gasteiger partial charge on any atom is 0.198 e. The third kappa shape index (κ3) is 3.58. The molecule has 0 saturated heterocycles. The van der Waals surface area contributed by atoms with E-state index in [1.807, 2.05) is 19.2 Å². The summed E-state index contributed by atoms with van der Waals surface area (Å²) >= 11 is 0. The van der Waals surface area contributed by atoms with Gasteiger partial charge in [-0.05, 0) is 30.2 Å². The molecule has 0 radical (unpaired) electrons. The highest BCUT2D eigenvalue weighted by Crippen LogP contribution is 2.27. The lowest BCUT2D eigenvalue weighted by atomic mass is 10.2. The number of nitrogens with zero attached hydrogens (tertiary/aromatic N) is 2. The quantitative estimate of drug-likeness (QED) is 0.492. The van der Waals surface area contributed by atoms with Gasteiger partial charge in [0.05, 0.1) is 6.26 Å². The second-order valence-electron chi connectivity index (χ2n) is 4.83. The van der Waals surface area contributed by atoms with E-state index in [0.717, 1.165) is 37.7 Å². The summed E-state index contributed by atoms with van der Waals surface area (Å²) in [4.78, 5) is 6.64.